The van der Waals surface area contributed by atoms with E-state index in [9.17, 15) is 4.79 Å². The highest BCUT2D eigenvalue weighted by Crippen LogP contribution is 2.15. The molecule has 0 bridgehead atoms. The van der Waals surface area contributed by atoms with Crippen LogP contribution in [0.1, 0.15) is 16.1 Å². The number of aromatic nitrogens is 2. The van der Waals surface area contributed by atoms with Crippen LogP contribution >= 0.6 is 12.2 Å². The maximum absolute atomic E-state index is 12.1. The van der Waals surface area contributed by atoms with E-state index in [-0.39, 0.29) is 5.91 Å². The molecular weight excluding hydrogens is 260 g/mol. The molecule has 0 aliphatic heterocycles. The maximum Gasteiger partial charge on any atom is 0.278 e. The zero-order chi connectivity index (χ0) is 13.8. The third-order valence-corrected chi connectivity index (χ3v) is 2.86. The molecule has 0 saturated carbocycles. The lowest BCUT2D eigenvalue weighted by Crippen LogP contribution is -2.27. The Kier molecular flexibility index (Phi) is 3.82. The first-order valence-corrected chi connectivity index (χ1v) is 5.94. The van der Waals surface area contributed by atoms with Gasteiger partial charge in [-0.25, -0.2) is 4.98 Å². The molecule has 1 aromatic carbocycles. The van der Waals surface area contributed by atoms with Crippen molar-refractivity contribution in [1.82, 2.24) is 9.97 Å². The number of nitrogens with two attached hydrogens (primary N) is 1. The minimum absolute atomic E-state index is 0.226. The van der Waals surface area contributed by atoms with Gasteiger partial charge in [-0.15, -0.1) is 0 Å². The summed E-state index contributed by atoms with van der Waals surface area (Å²) in [7, 11) is 1.67. The molecule has 0 aliphatic rings. The normalized spacial score (nSPS) is 9.95. The number of carbonyl (C=O) groups excluding carboxylic acids is 1. The van der Waals surface area contributed by atoms with Crippen molar-refractivity contribution in [3.8, 4) is 0 Å². The fourth-order valence-corrected chi connectivity index (χ4v) is 1.68. The number of nitrogens with zero attached hydrogens (tertiary/aromatic N) is 3. The van der Waals surface area contributed by atoms with Crippen LogP contribution in [-0.4, -0.2) is 27.9 Å². The molecule has 1 aromatic heterocycles. The molecule has 6 heteroatoms. The van der Waals surface area contributed by atoms with E-state index in [0.29, 0.717) is 10.7 Å². The van der Waals surface area contributed by atoms with Crippen molar-refractivity contribution in [2.45, 2.75) is 0 Å². The molecule has 0 aliphatic carbocycles. The predicted octanol–water partition coefficient (Wildman–Crippen LogP) is 1.39. The molecule has 2 aromatic rings. The quantitative estimate of drug-likeness (QED) is 0.855. The van der Waals surface area contributed by atoms with Crippen molar-refractivity contribution < 1.29 is 4.79 Å². The van der Waals surface area contributed by atoms with Crippen LogP contribution in [0, 0.1) is 0 Å². The summed E-state index contributed by atoms with van der Waals surface area (Å²) in [5, 5.41) is 0. The monoisotopic (exact) mass is 272 g/mol. The Morgan fingerprint density at radius 2 is 1.95 bits per heavy atom. The second-order valence-corrected chi connectivity index (χ2v) is 4.31. The standard InChI is InChI=1S/C13H12N4OS/c1-17(13(18)11-8-15-6-7-16-11)10-4-2-9(3-5-10)12(14)19/h2-8H,1H3,(H2,14,19). The molecule has 0 atom stereocenters. The summed E-state index contributed by atoms with van der Waals surface area (Å²) in [5.41, 5.74) is 7.31. The van der Waals surface area contributed by atoms with Crippen molar-refractivity contribution in [2.75, 3.05) is 11.9 Å². The number of thiocarbonyl (C=S) groups is 1. The Morgan fingerprint density at radius 3 is 2.47 bits per heavy atom. The lowest BCUT2D eigenvalue weighted by Gasteiger charge is -2.16. The summed E-state index contributed by atoms with van der Waals surface area (Å²) in [6, 6.07) is 7.11. The van der Waals surface area contributed by atoms with Gasteiger partial charge >= 0.3 is 0 Å². The van der Waals surface area contributed by atoms with Gasteiger partial charge in [-0.2, -0.15) is 0 Å². The van der Waals surface area contributed by atoms with E-state index in [1.165, 1.54) is 23.5 Å². The Hall–Kier alpha value is -2.34. The molecule has 0 unspecified atom stereocenters. The number of carbonyl (C=O) groups is 1. The molecule has 19 heavy (non-hydrogen) atoms. The van der Waals surface area contributed by atoms with Crippen molar-refractivity contribution in [1.29, 1.82) is 0 Å². The van der Waals surface area contributed by atoms with Gasteiger partial charge in [0.05, 0.1) is 6.20 Å². The van der Waals surface area contributed by atoms with Crippen molar-refractivity contribution in [2.24, 2.45) is 5.73 Å². The van der Waals surface area contributed by atoms with Crippen LogP contribution in [0.25, 0.3) is 0 Å². The minimum atomic E-state index is -0.226. The number of rotatable bonds is 3. The van der Waals surface area contributed by atoms with Gasteiger partial charge in [-0.1, -0.05) is 12.2 Å². The lowest BCUT2D eigenvalue weighted by molar-refractivity contribution is 0.0988. The molecule has 0 saturated heterocycles. The van der Waals surface area contributed by atoms with E-state index in [2.05, 4.69) is 9.97 Å². The highest BCUT2D eigenvalue weighted by molar-refractivity contribution is 7.80. The van der Waals surface area contributed by atoms with E-state index in [1.807, 2.05) is 0 Å². The fourth-order valence-electron chi connectivity index (χ4n) is 1.55. The van der Waals surface area contributed by atoms with Crippen LogP contribution in [0.3, 0.4) is 0 Å². The van der Waals surface area contributed by atoms with E-state index >= 15 is 0 Å². The molecule has 1 amide bonds. The zero-order valence-electron chi connectivity index (χ0n) is 10.3. The lowest BCUT2D eigenvalue weighted by atomic mass is 10.2. The first-order valence-electron chi connectivity index (χ1n) is 5.53. The Balaban J connectivity index is 2.22. The van der Waals surface area contributed by atoms with E-state index in [1.54, 1.807) is 31.3 Å². The fraction of sp³-hybridized carbons (Fsp3) is 0.0769. The highest BCUT2D eigenvalue weighted by atomic mass is 32.1. The first kappa shape index (κ1) is 13.1. The zero-order valence-corrected chi connectivity index (χ0v) is 11.1. The van der Waals surface area contributed by atoms with Gasteiger partial charge in [0.2, 0.25) is 0 Å². The number of hydrogen-bond donors (Lipinski definition) is 1. The van der Waals surface area contributed by atoms with E-state index in [4.69, 9.17) is 18.0 Å². The predicted molar refractivity (Wildman–Crippen MR) is 77.1 cm³/mol. The van der Waals surface area contributed by atoms with Gasteiger partial charge in [-0.3, -0.25) is 9.78 Å². The largest absolute Gasteiger partial charge is 0.389 e. The highest BCUT2D eigenvalue weighted by Gasteiger charge is 2.14. The summed E-state index contributed by atoms with van der Waals surface area (Å²) in [6.07, 6.45) is 4.44. The SMILES string of the molecule is CN(C(=O)c1cnccn1)c1ccc(C(N)=S)cc1. The van der Waals surface area contributed by atoms with Crippen LogP contribution in [0.5, 0.6) is 0 Å². The molecule has 96 valence electrons. The molecule has 2 N–H and O–H groups in total. The van der Waals surface area contributed by atoms with Crippen LogP contribution in [0.4, 0.5) is 5.69 Å². The second-order valence-electron chi connectivity index (χ2n) is 3.87. The first-order chi connectivity index (χ1) is 9.09. The summed E-state index contributed by atoms with van der Waals surface area (Å²) >= 11 is 4.88. The van der Waals surface area contributed by atoms with Crippen molar-refractivity contribution in [3.63, 3.8) is 0 Å². The van der Waals surface area contributed by atoms with Crippen LogP contribution in [0.2, 0.25) is 0 Å². The molecule has 5 nitrogen and oxygen atoms in total. The molecule has 2 rings (SSSR count). The average Bonchev–Trinajstić information content (AvgIpc) is 2.46. The van der Waals surface area contributed by atoms with Gasteiger partial charge in [-0.05, 0) is 24.3 Å². The summed E-state index contributed by atoms with van der Waals surface area (Å²) < 4.78 is 0. The van der Waals surface area contributed by atoms with Gasteiger partial charge < -0.3 is 10.6 Å². The Labute approximate surface area is 116 Å². The van der Waals surface area contributed by atoms with Gasteiger partial charge in [0.15, 0.2) is 0 Å². The topological polar surface area (TPSA) is 72.1 Å². The third-order valence-electron chi connectivity index (χ3n) is 2.63. The van der Waals surface area contributed by atoms with Crippen molar-refractivity contribution >= 4 is 28.8 Å². The number of hydrogen-bond acceptors (Lipinski definition) is 4. The van der Waals surface area contributed by atoms with Crippen LogP contribution < -0.4 is 10.6 Å². The van der Waals surface area contributed by atoms with E-state index < -0.39 is 0 Å². The second kappa shape index (κ2) is 5.53. The van der Waals surface area contributed by atoms with Gasteiger partial charge in [0.25, 0.3) is 5.91 Å². The van der Waals surface area contributed by atoms with Gasteiger partial charge in [0.1, 0.15) is 10.7 Å². The minimum Gasteiger partial charge on any atom is -0.389 e. The van der Waals surface area contributed by atoms with Crippen LogP contribution in [-0.2, 0) is 0 Å². The average molecular weight is 272 g/mol. The van der Waals surface area contributed by atoms with Gasteiger partial charge in [0, 0.05) is 30.7 Å². The van der Waals surface area contributed by atoms with Crippen molar-refractivity contribution in [3.05, 3.63) is 54.1 Å². The maximum atomic E-state index is 12.1. The number of benzene rings is 1. The summed E-state index contributed by atoms with van der Waals surface area (Å²) in [4.78, 5) is 21.8. The Bertz CT molecular complexity index is 598. The molecular formula is C13H12N4OS. The summed E-state index contributed by atoms with van der Waals surface area (Å²) in [5.74, 6) is -0.226. The number of amides is 1. The van der Waals surface area contributed by atoms with E-state index in [0.717, 1.165) is 11.3 Å². The summed E-state index contributed by atoms with van der Waals surface area (Å²) in [6.45, 7) is 0. The molecule has 1 heterocycles. The third kappa shape index (κ3) is 2.92. The molecule has 0 spiro atoms. The smallest absolute Gasteiger partial charge is 0.278 e. The molecule has 0 fully saturated rings. The number of anilines is 1. The Morgan fingerprint density at radius 1 is 1.26 bits per heavy atom. The molecule has 0 radical (unpaired) electrons. The van der Waals surface area contributed by atoms with Crippen LogP contribution in [0.15, 0.2) is 42.9 Å².